The van der Waals surface area contributed by atoms with Crippen molar-refractivity contribution in [3.05, 3.63) is 52.5 Å². The molecule has 0 amide bonds. The van der Waals surface area contributed by atoms with E-state index < -0.39 is 0 Å². The summed E-state index contributed by atoms with van der Waals surface area (Å²) in [6.07, 6.45) is 0. The molecule has 0 aromatic heterocycles. The molecule has 0 unspecified atom stereocenters. The van der Waals surface area contributed by atoms with Gasteiger partial charge in [0.05, 0.1) is 24.4 Å². The largest absolute Gasteiger partial charge is 0.493 e. The maximum Gasteiger partial charge on any atom is 0.161 e. The van der Waals surface area contributed by atoms with Gasteiger partial charge in [-0.05, 0) is 49.2 Å². The second-order valence-corrected chi connectivity index (χ2v) is 5.16. The van der Waals surface area contributed by atoms with Crippen molar-refractivity contribution < 1.29 is 9.47 Å². The lowest BCUT2D eigenvalue weighted by Crippen LogP contribution is -2.02. The van der Waals surface area contributed by atoms with Crippen molar-refractivity contribution >= 4 is 17.3 Å². The zero-order valence-electron chi connectivity index (χ0n) is 12.6. The normalized spacial score (nSPS) is 10.3. The summed E-state index contributed by atoms with van der Waals surface area (Å²) in [5, 5.41) is 4.07. The molecule has 0 fully saturated rings. The molecule has 0 aliphatic rings. The summed E-state index contributed by atoms with van der Waals surface area (Å²) < 4.78 is 10.9. The van der Waals surface area contributed by atoms with Crippen LogP contribution in [0, 0.1) is 6.92 Å². The van der Waals surface area contributed by atoms with Gasteiger partial charge in [0.1, 0.15) is 0 Å². The topological polar surface area (TPSA) is 30.5 Å². The minimum absolute atomic E-state index is 0.618. The van der Waals surface area contributed by atoms with Crippen LogP contribution in [0.2, 0.25) is 5.02 Å². The molecule has 0 aliphatic heterocycles. The highest BCUT2D eigenvalue weighted by atomic mass is 35.5. The first-order chi connectivity index (χ1) is 10.1. The molecule has 0 atom stereocenters. The van der Waals surface area contributed by atoms with Gasteiger partial charge in [-0.15, -0.1) is 0 Å². The monoisotopic (exact) mass is 305 g/mol. The van der Waals surface area contributed by atoms with E-state index in [-0.39, 0.29) is 0 Å². The van der Waals surface area contributed by atoms with E-state index in [1.54, 1.807) is 7.11 Å². The Morgan fingerprint density at radius 3 is 2.62 bits per heavy atom. The predicted molar refractivity (Wildman–Crippen MR) is 87.7 cm³/mol. The Kier molecular flexibility index (Phi) is 5.34. The fraction of sp³-hybridized carbons (Fsp3) is 0.294. The molecule has 0 aliphatic carbocycles. The SMILES string of the molecule is CCOc1ccc(CNc2cc(C)ccc2Cl)cc1OC. The summed E-state index contributed by atoms with van der Waals surface area (Å²) in [7, 11) is 1.65. The molecule has 0 spiro atoms. The number of hydrogen-bond donors (Lipinski definition) is 1. The molecule has 112 valence electrons. The highest BCUT2D eigenvalue weighted by Crippen LogP contribution is 2.29. The van der Waals surface area contributed by atoms with Gasteiger partial charge >= 0.3 is 0 Å². The van der Waals surface area contributed by atoms with Crippen LogP contribution < -0.4 is 14.8 Å². The molecule has 2 aromatic rings. The Morgan fingerprint density at radius 1 is 1.10 bits per heavy atom. The molecule has 0 bridgehead atoms. The van der Waals surface area contributed by atoms with E-state index in [0.29, 0.717) is 13.2 Å². The number of hydrogen-bond acceptors (Lipinski definition) is 3. The Labute approximate surface area is 130 Å². The third-order valence-electron chi connectivity index (χ3n) is 3.13. The second-order valence-electron chi connectivity index (χ2n) is 4.76. The van der Waals surface area contributed by atoms with Gasteiger partial charge in [-0.2, -0.15) is 0 Å². The Morgan fingerprint density at radius 2 is 1.90 bits per heavy atom. The number of rotatable bonds is 6. The van der Waals surface area contributed by atoms with Crippen LogP contribution in [-0.2, 0) is 6.54 Å². The fourth-order valence-corrected chi connectivity index (χ4v) is 2.25. The van der Waals surface area contributed by atoms with Crippen molar-refractivity contribution in [1.29, 1.82) is 0 Å². The molecule has 3 nitrogen and oxygen atoms in total. The second kappa shape index (κ2) is 7.23. The molecule has 21 heavy (non-hydrogen) atoms. The van der Waals surface area contributed by atoms with Gasteiger partial charge in [0.15, 0.2) is 11.5 Å². The van der Waals surface area contributed by atoms with Crippen molar-refractivity contribution in [3.8, 4) is 11.5 Å². The smallest absolute Gasteiger partial charge is 0.161 e. The van der Waals surface area contributed by atoms with E-state index in [2.05, 4.69) is 5.32 Å². The van der Waals surface area contributed by atoms with Crippen LogP contribution in [0.5, 0.6) is 11.5 Å². The van der Waals surface area contributed by atoms with Gasteiger partial charge in [0.2, 0.25) is 0 Å². The molecular weight excluding hydrogens is 286 g/mol. The number of ether oxygens (including phenoxy) is 2. The quantitative estimate of drug-likeness (QED) is 0.841. The van der Waals surface area contributed by atoms with Gasteiger partial charge in [0.25, 0.3) is 0 Å². The molecule has 0 saturated heterocycles. The van der Waals surface area contributed by atoms with E-state index in [4.69, 9.17) is 21.1 Å². The lowest BCUT2D eigenvalue weighted by molar-refractivity contribution is 0.310. The third-order valence-corrected chi connectivity index (χ3v) is 3.46. The van der Waals surface area contributed by atoms with Gasteiger partial charge in [-0.25, -0.2) is 0 Å². The Hall–Kier alpha value is -1.87. The highest BCUT2D eigenvalue weighted by Gasteiger charge is 2.06. The number of benzene rings is 2. The Bertz CT molecular complexity index is 614. The van der Waals surface area contributed by atoms with Crippen molar-refractivity contribution in [3.63, 3.8) is 0 Å². The standard InChI is InChI=1S/C17H20ClNO2/c1-4-21-16-8-6-13(10-17(16)20-3)11-19-15-9-12(2)5-7-14(15)18/h5-10,19H,4,11H2,1-3H3. The first kappa shape index (κ1) is 15.5. The average molecular weight is 306 g/mol. The summed E-state index contributed by atoms with van der Waals surface area (Å²) in [5.41, 5.74) is 3.21. The minimum atomic E-state index is 0.618. The van der Waals surface area contributed by atoms with Gasteiger partial charge < -0.3 is 14.8 Å². The van der Waals surface area contributed by atoms with Crippen molar-refractivity contribution in [2.24, 2.45) is 0 Å². The third kappa shape index (κ3) is 4.05. The number of methoxy groups -OCH3 is 1. The molecule has 2 rings (SSSR count). The maximum atomic E-state index is 6.18. The highest BCUT2D eigenvalue weighted by molar-refractivity contribution is 6.33. The van der Waals surface area contributed by atoms with Crippen molar-refractivity contribution in [2.75, 3.05) is 19.0 Å². The predicted octanol–water partition coefficient (Wildman–Crippen LogP) is 4.67. The van der Waals surface area contributed by atoms with Crippen LogP contribution in [0.15, 0.2) is 36.4 Å². The molecule has 4 heteroatoms. The molecular formula is C17H20ClNO2. The van der Waals surface area contributed by atoms with E-state index >= 15 is 0 Å². The van der Waals surface area contributed by atoms with E-state index in [1.165, 1.54) is 5.56 Å². The van der Waals surface area contributed by atoms with Crippen LogP contribution in [0.25, 0.3) is 0 Å². The number of nitrogens with one attached hydrogen (secondary N) is 1. The summed E-state index contributed by atoms with van der Waals surface area (Å²) in [5.74, 6) is 1.50. The van der Waals surface area contributed by atoms with Crippen LogP contribution in [0.1, 0.15) is 18.1 Å². The van der Waals surface area contributed by atoms with Crippen LogP contribution >= 0.6 is 11.6 Å². The molecule has 2 aromatic carbocycles. The maximum absolute atomic E-state index is 6.18. The van der Waals surface area contributed by atoms with Crippen molar-refractivity contribution in [1.82, 2.24) is 0 Å². The number of aryl methyl sites for hydroxylation is 1. The summed E-state index contributed by atoms with van der Waals surface area (Å²) in [6.45, 7) is 5.29. The number of anilines is 1. The number of halogens is 1. The molecule has 0 radical (unpaired) electrons. The van der Waals surface area contributed by atoms with Crippen LogP contribution in [0.3, 0.4) is 0 Å². The van der Waals surface area contributed by atoms with E-state index in [0.717, 1.165) is 27.8 Å². The van der Waals surface area contributed by atoms with Crippen LogP contribution in [0.4, 0.5) is 5.69 Å². The lowest BCUT2D eigenvalue weighted by atomic mass is 10.2. The van der Waals surface area contributed by atoms with E-state index in [1.807, 2.05) is 50.2 Å². The zero-order valence-corrected chi connectivity index (χ0v) is 13.3. The minimum Gasteiger partial charge on any atom is -0.493 e. The first-order valence-corrected chi connectivity index (χ1v) is 7.31. The summed E-state index contributed by atoms with van der Waals surface area (Å²) in [4.78, 5) is 0. The molecule has 1 N–H and O–H groups in total. The fourth-order valence-electron chi connectivity index (χ4n) is 2.07. The summed E-state index contributed by atoms with van der Waals surface area (Å²) >= 11 is 6.18. The van der Waals surface area contributed by atoms with Gasteiger partial charge in [-0.1, -0.05) is 23.7 Å². The van der Waals surface area contributed by atoms with Crippen molar-refractivity contribution in [2.45, 2.75) is 20.4 Å². The van der Waals surface area contributed by atoms with Gasteiger partial charge in [0, 0.05) is 6.54 Å². The molecule has 0 saturated carbocycles. The van der Waals surface area contributed by atoms with Gasteiger partial charge in [-0.3, -0.25) is 0 Å². The van der Waals surface area contributed by atoms with E-state index in [9.17, 15) is 0 Å². The van der Waals surface area contributed by atoms with Crippen LogP contribution in [-0.4, -0.2) is 13.7 Å². The average Bonchev–Trinajstić information content (AvgIpc) is 2.49. The molecule has 0 heterocycles. The summed E-state index contributed by atoms with van der Waals surface area (Å²) in [6, 6.07) is 11.8. The zero-order chi connectivity index (χ0) is 15.2. The lowest BCUT2D eigenvalue weighted by Gasteiger charge is -2.13. The Balaban J connectivity index is 2.11. The first-order valence-electron chi connectivity index (χ1n) is 6.93.